The summed E-state index contributed by atoms with van der Waals surface area (Å²) in [6, 6.07) is 10.7. The first kappa shape index (κ1) is 14.6. The molecule has 0 saturated heterocycles. The molecule has 0 atom stereocenters. The molecule has 108 valence electrons. The van der Waals surface area contributed by atoms with E-state index in [2.05, 4.69) is 53.4 Å². The minimum absolute atomic E-state index is 0.797. The molecule has 0 aliphatic rings. The van der Waals surface area contributed by atoms with Gasteiger partial charge in [-0.3, -0.25) is 9.58 Å². The molecule has 1 N–H and O–H groups in total. The van der Waals surface area contributed by atoms with Crippen molar-refractivity contribution in [3.8, 4) is 0 Å². The van der Waals surface area contributed by atoms with E-state index in [1.54, 1.807) is 0 Å². The smallest absolute Gasteiger partial charge is 0.0571 e. The number of rotatable bonds is 7. The molecule has 2 rings (SSSR count). The molecule has 0 saturated carbocycles. The van der Waals surface area contributed by atoms with Crippen LogP contribution in [0.4, 0.5) is 5.69 Å². The number of hydrogen-bond acceptors (Lipinski definition) is 3. The molecule has 0 aliphatic carbocycles. The number of nitrogens with one attached hydrogen (secondary N) is 1. The first-order valence-corrected chi connectivity index (χ1v) is 7.25. The Hall–Kier alpha value is -1.81. The fraction of sp³-hybridized carbons (Fsp3) is 0.438. The summed E-state index contributed by atoms with van der Waals surface area (Å²) < 4.78 is 1.90. The van der Waals surface area contributed by atoms with Crippen molar-refractivity contribution in [3.05, 3.63) is 47.8 Å². The van der Waals surface area contributed by atoms with E-state index in [0.717, 1.165) is 31.9 Å². The van der Waals surface area contributed by atoms with Gasteiger partial charge in [-0.1, -0.05) is 26.0 Å². The van der Waals surface area contributed by atoms with Gasteiger partial charge in [0.25, 0.3) is 0 Å². The Balaban J connectivity index is 1.97. The molecule has 4 nitrogen and oxygen atoms in total. The van der Waals surface area contributed by atoms with Gasteiger partial charge < -0.3 is 5.32 Å². The van der Waals surface area contributed by atoms with E-state index in [1.807, 2.05) is 24.0 Å². The molecule has 0 radical (unpaired) electrons. The van der Waals surface area contributed by atoms with E-state index < -0.39 is 0 Å². The predicted octanol–water partition coefficient (Wildman–Crippen LogP) is 2.87. The predicted molar refractivity (Wildman–Crippen MR) is 83.6 cm³/mol. The van der Waals surface area contributed by atoms with Crippen LogP contribution < -0.4 is 5.32 Å². The zero-order valence-corrected chi connectivity index (χ0v) is 12.6. The molecule has 0 bridgehead atoms. The Morgan fingerprint density at radius 1 is 1.20 bits per heavy atom. The van der Waals surface area contributed by atoms with Gasteiger partial charge in [0.15, 0.2) is 0 Å². The van der Waals surface area contributed by atoms with Crippen LogP contribution in [0.15, 0.2) is 36.5 Å². The summed E-state index contributed by atoms with van der Waals surface area (Å²) in [7, 11) is 1.97. The standard InChI is InChI=1S/C16H24N4/c1-4-20(5-2)13-14-7-6-8-15(11-14)17-12-16-9-10-18-19(16)3/h6-11,17H,4-5,12-13H2,1-3H3. The highest BCUT2D eigenvalue weighted by atomic mass is 15.3. The molecule has 2 aromatic rings. The number of aryl methyl sites for hydroxylation is 1. The molecule has 1 heterocycles. The van der Waals surface area contributed by atoms with Crippen LogP contribution in [0.2, 0.25) is 0 Å². The van der Waals surface area contributed by atoms with Crippen LogP contribution in [0.3, 0.4) is 0 Å². The van der Waals surface area contributed by atoms with Gasteiger partial charge in [0, 0.05) is 25.5 Å². The van der Waals surface area contributed by atoms with Gasteiger partial charge in [-0.2, -0.15) is 5.10 Å². The third-order valence-corrected chi connectivity index (χ3v) is 3.62. The highest BCUT2D eigenvalue weighted by Crippen LogP contribution is 2.13. The Labute approximate surface area is 121 Å². The SMILES string of the molecule is CCN(CC)Cc1cccc(NCc2ccnn2C)c1. The van der Waals surface area contributed by atoms with Crippen molar-refractivity contribution in [3.63, 3.8) is 0 Å². The van der Waals surface area contributed by atoms with E-state index in [4.69, 9.17) is 0 Å². The molecule has 1 aromatic heterocycles. The fourth-order valence-corrected chi connectivity index (χ4v) is 2.25. The second-order valence-electron chi connectivity index (χ2n) is 4.96. The fourth-order valence-electron chi connectivity index (χ4n) is 2.25. The number of anilines is 1. The summed E-state index contributed by atoms with van der Waals surface area (Å²) >= 11 is 0. The van der Waals surface area contributed by atoms with Gasteiger partial charge in [0.05, 0.1) is 12.2 Å². The van der Waals surface area contributed by atoms with Crippen LogP contribution in [0.5, 0.6) is 0 Å². The van der Waals surface area contributed by atoms with Crippen LogP contribution in [-0.2, 0) is 20.1 Å². The van der Waals surface area contributed by atoms with Crippen molar-refractivity contribution in [2.75, 3.05) is 18.4 Å². The van der Waals surface area contributed by atoms with Crippen LogP contribution in [0.1, 0.15) is 25.1 Å². The number of benzene rings is 1. The Bertz CT molecular complexity index is 529. The second kappa shape index (κ2) is 7.10. The van der Waals surface area contributed by atoms with Crippen molar-refractivity contribution >= 4 is 5.69 Å². The third-order valence-electron chi connectivity index (χ3n) is 3.62. The van der Waals surface area contributed by atoms with Gasteiger partial charge in [-0.05, 0) is 36.9 Å². The molecule has 1 aromatic carbocycles. The Morgan fingerprint density at radius 2 is 2.00 bits per heavy atom. The molecular weight excluding hydrogens is 248 g/mol. The van der Waals surface area contributed by atoms with Crippen LogP contribution in [-0.4, -0.2) is 27.8 Å². The molecule has 0 spiro atoms. The summed E-state index contributed by atoms with van der Waals surface area (Å²) in [6.07, 6.45) is 1.83. The largest absolute Gasteiger partial charge is 0.379 e. The van der Waals surface area contributed by atoms with Gasteiger partial charge in [0.2, 0.25) is 0 Å². The van der Waals surface area contributed by atoms with Crippen molar-refractivity contribution < 1.29 is 0 Å². The second-order valence-corrected chi connectivity index (χ2v) is 4.96. The topological polar surface area (TPSA) is 33.1 Å². The zero-order chi connectivity index (χ0) is 14.4. The average Bonchev–Trinajstić information content (AvgIpc) is 2.88. The first-order chi connectivity index (χ1) is 9.72. The van der Waals surface area contributed by atoms with Crippen LogP contribution in [0.25, 0.3) is 0 Å². The van der Waals surface area contributed by atoms with E-state index in [-0.39, 0.29) is 0 Å². The number of hydrogen-bond donors (Lipinski definition) is 1. The lowest BCUT2D eigenvalue weighted by atomic mass is 10.2. The van der Waals surface area contributed by atoms with Gasteiger partial charge in [0.1, 0.15) is 0 Å². The zero-order valence-electron chi connectivity index (χ0n) is 12.6. The third kappa shape index (κ3) is 3.84. The summed E-state index contributed by atoms with van der Waals surface area (Å²) in [5.74, 6) is 0. The highest BCUT2D eigenvalue weighted by molar-refractivity contribution is 5.45. The average molecular weight is 272 g/mol. The molecule has 4 heteroatoms. The molecule has 0 unspecified atom stereocenters. The van der Waals surface area contributed by atoms with Crippen LogP contribution in [0, 0.1) is 0 Å². The van der Waals surface area contributed by atoms with Gasteiger partial charge >= 0.3 is 0 Å². The van der Waals surface area contributed by atoms with Gasteiger partial charge in [-0.25, -0.2) is 0 Å². The molecule has 20 heavy (non-hydrogen) atoms. The molecule has 0 amide bonds. The number of nitrogens with zero attached hydrogens (tertiary/aromatic N) is 3. The molecule has 0 fully saturated rings. The highest BCUT2D eigenvalue weighted by Gasteiger charge is 2.03. The number of aromatic nitrogens is 2. The quantitative estimate of drug-likeness (QED) is 0.841. The lowest BCUT2D eigenvalue weighted by Gasteiger charge is -2.18. The summed E-state index contributed by atoms with van der Waals surface area (Å²) in [5, 5.41) is 7.64. The Kier molecular flexibility index (Phi) is 5.18. The minimum atomic E-state index is 0.797. The van der Waals surface area contributed by atoms with Crippen molar-refractivity contribution in [2.45, 2.75) is 26.9 Å². The normalized spacial score (nSPS) is 11.0. The Morgan fingerprint density at radius 3 is 2.65 bits per heavy atom. The van der Waals surface area contributed by atoms with Crippen molar-refractivity contribution in [1.82, 2.24) is 14.7 Å². The lowest BCUT2D eigenvalue weighted by Crippen LogP contribution is -2.22. The molecular formula is C16H24N4. The van der Waals surface area contributed by atoms with E-state index in [0.29, 0.717) is 0 Å². The van der Waals surface area contributed by atoms with E-state index in [9.17, 15) is 0 Å². The maximum absolute atomic E-state index is 4.18. The molecule has 0 aliphatic heterocycles. The lowest BCUT2D eigenvalue weighted by molar-refractivity contribution is 0.296. The van der Waals surface area contributed by atoms with Crippen LogP contribution >= 0.6 is 0 Å². The first-order valence-electron chi connectivity index (χ1n) is 7.25. The van der Waals surface area contributed by atoms with E-state index in [1.165, 1.54) is 11.3 Å². The maximum atomic E-state index is 4.18. The summed E-state index contributed by atoms with van der Waals surface area (Å²) in [5.41, 5.74) is 3.69. The monoisotopic (exact) mass is 272 g/mol. The van der Waals surface area contributed by atoms with Crippen molar-refractivity contribution in [2.24, 2.45) is 7.05 Å². The van der Waals surface area contributed by atoms with E-state index >= 15 is 0 Å². The maximum Gasteiger partial charge on any atom is 0.0571 e. The minimum Gasteiger partial charge on any atom is -0.379 e. The van der Waals surface area contributed by atoms with Gasteiger partial charge in [-0.15, -0.1) is 0 Å². The summed E-state index contributed by atoms with van der Waals surface area (Å²) in [4.78, 5) is 2.42. The van der Waals surface area contributed by atoms with Crippen molar-refractivity contribution in [1.29, 1.82) is 0 Å². The summed E-state index contributed by atoms with van der Waals surface area (Å²) in [6.45, 7) is 8.38.